The van der Waals surface area contributed by atoms with Gasteiger partial charge in [-0.15, -0.1) is 0 Å². The van der Waals surface area contributed by atoms with Gasteiger partial charge in [0.1, 0.15) is 13.2 Å². The molecule has 0 aromatic carbocycles. The Morgan fingerprint density at radius 3 is 0.795 bits per heavy atom. The van der Waals surface area contributed by atoms with Crippen molar-refractivity contribution >= 4 is 17.9 Å². The Hall–Kier alpha value is -4.45. The SMILES string of the molecule is CC/C=C\C/C=C\C/C=C\C/C=C\C/C=C\CCCCCCCCCCCC(=O)OCC(COC(=O)CCCCCCC/C=C\CCC)OC(=O)CCCCCCCCCCC/C=C\C/C=C\C/C=C\C/C=C\C/C=C\CC. The molecule has 0 radical (unpaired) electrons. The van der Waals surface area contributed by atoms with Crippen LogP contribution in [0.5, 0.6) is 0 Å². The van der Waals surface area contributed by atoms with Crippen molar-refractivity contribution in [3.8, 4) is 0 Å². The van der Waals surface area contributed by atoms with Crippen LogP contribution in [0.1, 0.15) is 284 Å². The normalized spacial score (nSPS) is 13.0. The second-order valence-corrected chi connectivity index (χ2v) is 20.9. The highest BCUT2D eigenvalue weighted by Gasteiger charge is 2.19. The number of esters is 3. The molecule has 0 N–H and O–H groups in total. The van der Waals surface area contributed by atoms with E-state index in [0.717, 1.165) is 154 Å². The van der Waals surface area contributed by atoms with Crippen LogP contribution in [0.25, 0.3) is 0 Å². The highest BCUT2D eigenvalue weighted by Crippen LogP contribution is 2.15. The molecule has 442 valence electrons. The smallest absolute Gasteiger partial charge is 0.306 e. The predicted octanol–water partition coefficient (Wildman–Crippen LogP) is 22.2. The quantitative estimate of drug-likeness (QED) is 0.0261. The maximum atomic E-state index is 12.9. The minimum absolute atomic E-state index is 0.0893. The summed E-state index contributed by atoms with van der Waals surface area (Å²) in [6, 6.07) is 0. The van der Waals surface area contributed by atoms with E-state index in [9.17, 15) is 14.4 Å². The number of unbranched alkanes of at least 4 members (excludes halogenated alkanes) is 24. The first-order chi connectivity index (χ1) is 38.5. The monoisotopic (exact) mass is 1080 g/mol. The van der Waals surface area contributed by atoms with Gasteiger partial charge in [-0.2, -0.15) is 0 Å². The molecule has 0 amide bonds. The van der Waals surface area contributed by atoms with Crippen molar-refractivity contribution in [2.24, 2.45) is 0 Å². The van der Waals surface area contributed by atoms with Gasteiger partial charge in [0, 0.05) is 19.3 Å². The molecular weight excluding hydrogens is 961 g/mol. The molecule has 78 heavy (non-hydrogen) atoms. The molecule has 6 nitrogen and oxygen atoms in total. The molecule has 0 aromatic heterocycles. The number of allylic oxidation sites excluding steroid dienone is 22. The Kier molecular flexibility index (Phi) is 61.4. The third kappa shape index (κ3) is 62.4. The van der Waals surface area contributed by atoms with Gasteiger partial charge in [0.05, 0.1) is 0 Å². The molecular formula is C72H118O6. The number of ether oxygens (including phenoxy) is 3. The number of carbonyl (C=O) groups excluding carboxylic acids is 3. The van der Waals surface area contributed by atoms with Crippen LogP contribution >= 0.6 is 0 Å². The molecule has 0 aliphatic heterocycles. The number of hydrogen-bond donors (Lipinski definition) is 0. The van der Waals surface area contributed by atoms with Crippen molar-refractivity contribution in [3.05, 3.63) is 134 Å². The van der Waals surface area contributed by atoms with Crippen molar-refractivity contribution in [2.75, 3.05) is 13.2 Å². The molecule has 0 aromatic rings. The summed E-state index contributed by atoms with van der Waals surface area (Å²) in [5.41, 5.74) is 0. The highest BCUT2D eigenvalue weighted by molar-refractivity contribution is 5.71. The van der Waals surface area contributed by atoms with E-state index in [2.05, 4.69) is 154 Å². The summed E-state index contributed by atoms with van der Waals surface area (Å²) in [4.78, 5) is 38.3. The fourth-order valence-electron chi connectivity index (χ4n) is 8.62. The van der Waals surface area contributed by atoms with E-state index in [0.29, 0.717) is 19.3 Å². The maximum Gasteiger partial charge on any atom is 0.306 e. The summed E-state index contributed by atoms with van der Waals surface area (Å²) in [6.45, 7) is 6.34. The first kappa shape index (κ1) is 73.5. The summed E-state index contributed by atoms with van der Waals surface area (Å²) in [5, 5.41) is 0. The molecule has 0 aliphatic carbocycles. The fourth-order valence-corrected chi connectivity index (χ4v) is 8.62. The molecule has 0 bridgehead atoms. The molecule has 0 aliphatic rings. The topological polar surface area (TPSA) is 78.9 Å². The second kappa shape index (κ2) is 65.1. The van der Waals surface area contributed by atoms with Gasteiger partial charge in [0.25, 0.3) is 0 Å². The van der Waals surface area contributed by atoms with Crippen molar-refractivity contribution < 1.29 is 28.6 Å². The summed E-state index contributed by atoms with van der Waals surface area (Å²) < 4.78 is 16.9. The number of carbonyl (C=O) groups is 3. The van der Waals surface area contributed by atoms with Gasteiger partial charge in [-0.3, -0.25) is 14.4 Å². The van der Waals surface area contributed by atoms with Gasteiger partial charge in [0.15, 0.2) is 6.10 Å². The summed E-state index contributed by atoms with van der Waals surface area (Å²) in [5.74, 6) is -0.910. The van der Waals surface area contributed by atoms with Gasteiger partial charge in [-0.05, 0) is 128 Å². The fraction of sp³-hybridized carbons (Fsp3) is 0.653. The first-order valence-electron chi connectivity index (χ1n) is 32.2. The Balaban J connectivity index is 4.30. The zero-order valence-corrected chi connectivity index (χ0v) is 50.6. The molecule has 0 spiro atoms. The van der Waals surface area contributed by atoms with Crippen molar-refractivity contribution in [1.29, 1.82) is 0 Å². The molecule has 1 atom stereocenters. The lowest BCUT2D eigenvalue weighted by molar-refractivity contribution is -0.167. The zero-order chi connectivity index (χ0) is 56.4. The van der Waals surface area contributed by atoms with Crippen LogP contribution in [0.3, 0.4) is 0 Å². The van der Waals surface area contributed by atoms with Crippen LogP contribution < -0.4 is 0 Å². The number of hydrogen-bond acceptors (Lipinski definition) is 6. The Bertz CT molecular complexity index is 1670. The second-order valence-electron chi connectivity index (χ2n) is 20.9. The minimum Gasteiger partial charge on any atom is -0.462 e. The van der Waals surface area contributed by atoms with E-state index in [1.165, 1.54) is 89.9 Å². The van der Waals surface area contributed by atoms with Gasteiger partial charge < -0.3 is 14.2 Å². The van der Waals surface area contributed by atoms with E-state index in [1.54, 1.807) is 0 Å². The first-order valence-corrected chi connectivity index (χ1v) is 32.2. The van der Waals surface area contributed by atoms with Crippen LogP contribution in [0.2, 0.25) is 0 Å². The van der Waals surface area contributed by atoms with Crippen LogP contribution in [-0.2, 0) is 28.6 Å². The predicted molar refractivity (Wildman–Crippen MR) is 339 cm³/mol. The standard InChI is InChI=1S/C72H118O6/c1-4-7-10-13-16-19-22-24-26-28-30-32-34-36-38-40-42-44-46-48-50-53-56-59-62-65-71(74)77-68-69(67-76-70(73)64-61-58-55-52-21-18-15-12-9-6-3)78-72(75)66-63-60-57-54-51-49-47-45-43-41-39-37-35-33-31-29-27-25-23-20-17-14-11-8-5-2/h7-8,10-12,15-17,19-20,24-27,30-33,36-39,69H,4-6,9,13-14,18,21-23,28-29,34-35,40-68H2,1-3H3/b10-7-,11-8-,15-12-,19-16-,20-17-,26-24-,27-25-,32-30-,33-31-,38-36-,39-37-. The molecule has 0 saturated heterocycles. The molecule has 0 heterocycles. The van der Waals surface area contributed by atoms with Gasteiger partial charge in [0.2, 0.25) is 0 Å². The largest absolute Gasteiger partial charge is 0.462 e. The average Bonchev–Trinajstić information content (AvgIpc) is 3.44. The zero-order valence-electron chi connectivity index (χ0n) is 50.6. The third-order valence-electron chi connectivity index (χ3n) is 13.4. The summed E-state index contributed by atoms with van der Waals surface area (Å²) in [7, 11) is 0. The Morgan fingerprint density at radius 1 is 0.269 bits per heavy atom. The molecule has 0 rings (SSSR count). The lowest BCUT2D eigenvalue weighted by atomic mass is 10.1. The maximum absolute atomic E-state index is 12.9. The number of rotatable bonds is 57. The van der Waals surface area contributed by atoms with E-state index in [4.69, 9.17) is 14.2 Å². The molecule has 0 fully saturated rings. The van der Waals surface area contributed by atoms with Crippen molar-refractivity contribution in [2.45, 2.75) is 290 Å². The average molecular weight is 1080 g/mol. The van der Waals surface area contributed by atoms with E-state index in [-0.39, 0.29) is 31.1 Å². The highest BCUT2D eigenvalue weighted by atomic mass is 16.6. The minimum atomic E-state index is -0.792. The summed E-state index contributed by atoms with van der Waals surface area (Å²) >= 11 is 0. The van der Waals surface area contributed by atoms with E-state index < -0.39 is 6.10 Å². The van der Waals surface area contributed by atoms with Crippen molar-refractivity contribution in [1.82, 2.24) is 0 Å². The summed E-state index contributed by atoms with van der Waals surface area (Å²) in [6.07, 6.45) is 91.8. The lowest BCUT2D eigenvalue weighted by Gasteiger charge is -2.18. The van der Waals surface area contributed by atoms with Gasteiger partial charge in [-0.1, -0.05) is 270 Å². The van der Waals surface area contributed by atoms with Crippen LogP contribution in [0.4, 0.5) is 0 Å². The van der Waals surface area contributed by atoms with Gasteiger partial charge >= 0.3 is 17.9 Å². The lowest BCUT2D eigenvalue weighted by Crippen LogP contribution is -2.30. The van der Waals surface area contributed by atoms with Crippen LogP contribution in [0, 0.1) is 0 Å². The molecule has 6 heteroatoms. The van der Waals surface area contributed by atoms with Crippen molar-refractivity contribution in [3.63, 3.8) is 0 Å². The van der Waals surface area contributed by atoms with E-state index >= 15 is 0 Å². The Morgan fingerprint density at radius 2 is 0.500 bits per heavy atom. The van der Waals surface area contributed by atoms with Crippen LogP contribution in [-0.4, -0.2) is 37.2 Å². The van der Waals surface area contributed by atoms with E-state index in [1.807, 2.05) is 0 Å². The third-order valence-corrected chi connectivity index (χ3v) is 13.4. The van der Waals surface area contributed by atoms with Crippen LogP contribution in [0.15, 0.2) is 134 Å². The molecule has 0 saturated carbocycles. The Labute approximate surface area is 481 Å². The van der Waals surface area contributed by atoms with Gasteiger partial charge in [-0.25, -0.2) is 0 Å². The molecule has 1 unspecified atom stereocenters.